The summed E-state index contributed by atoms with van der Waals surface area (Å²) in [5.74, 6) is 0.281. The Morgan fingerprint density at radius 1 is 1.16 bits per heavy atom. The molecule has 0 atom stereocenters. The number of amides is 1. The van der Waals surface area contributed by atoms with E-state index >= 15 is 0 Å². The highest BCUT2D eigenvalue weighted by Crippen LogP contribution is 2.28. The molecule has 0 saturated carbocycles. The molecule has 1 amide bonds. The number of aryl methyl sites for hydroxylation is 1. The van der Waals surface area contributed by atoms with Crippen LogP contribution in [0.5, 0.6) is 5.75 Å². The van der Waals surface area contributed by atoms with E-state index in [1.807, 2.05) is 6.92 Å². The maximum atomic E-state index is 12.8. The molecule has 2 aromatic rings. The number of hydrogen-bond donors (Lipinski definition) is 2. The van der Waals surface area contributed by atoms with Crippen LogP contribution in [-0.2, 0) is 14.8 Å². The van der Waals surface area contributed by atoms with Crippen molar-refractivity contribution in [3.05, 3.63) is 48.0 Å². The second kappa shape index (κ2) is 8.02. The monoisotopic (exact) mass is 362 g/mol. The van der Waals surface area contributed by atoms with Crippen LogP contribution in [0, 0.1) is 6.92 Å². The number of anilines is 2. The summed E-state index contributed by atoms with van der Waals surface area (Å²) in [4.78, 5) is 11.8. The van der Waals surface area contributed by atoms with Crippen LogP contribution in [0.15, 0.2) is 47.4 Å². The lowest BCUT2D eigenvalue weighted by Crippen LogP contribution is -2.16. The van der Waals surface area contributed by atoms with Crippen LogP contribution < -0.4 is 14.8 Å². The van der Waals surface area contributed by atoms with Crippen molar-refractivity contribution in [3.8, 4) is 5.75 Å². The number of carbonyl (C=O) groups excluding carboxylic acids is 1. The van der Waals surface area contributed by atoms with Gasteiger partial charge in [0, 0.05) is 12.1 Å². The zero-order chi connectivity index (χ0) is 18.4. The molecule has 0 radical (unpaired) electrons. The van der Waals surface area contributed by atoms with Crippen LogP contribution >= 0.6 is 0 Å². The molecular weight excluding hydrogens is 340 g/mol. The Hall–Kier alpha value is -2.54. The number of nitrogens with one attached hydrogen (secondary N) is 2. The van der Waals surface area contributed by atoms with E-state index in [4.69, 9.17) is 4.74 Å². The molecule has 6 nitrogen and oxygen atoms in total. The van der Waals surface area contributed by atoms with Crippen LogP contribution in [0.25, 0.3) is 0 Å². The normalized spacial score (nSPS) is 11.0. The Kier molecular flexibility index (Phi) is 6.03. The summed E-state index contributed by atoms with van der Waals surface area (Å²) in [7, 11) is -2.35. The van der Waals surface area contributed by atoms with Gasteiger partial charge < -0.3 is 10.1 Å². The third kappa shape index (κ3) is 4.73. The van der Waals surface area contributed by atoms with E-state index < -0.39 is 10.0 Å². The molecule has 0 aliphatic heterocycles. The third-order valence-corrected chi connectivity index (χ3v) is 5.10. The van der Waals surface area contributed by atoms with Crippen LogP contribution in [0.3, 0.4) is 0 Å². The number of sulfonamides is 1. The van der Waals surface area contributed by atoms with Crippen LogP contribution in [-0.4, -0.2) is 21.4 Å². The SMILES string of the molecule is CCCC(=O)Nc1ccc(C)c(S(=O)(=O)Nc2ccccc2OC)c1. The lowest BCUT2D eigenvalue weighted by atomic mass is 10.2. The fourth-order valence-corrected chi connectivity index (χ4v) is 3.69. The number of methoxy groups -OCH3 is 1. The van der Waals surface area contributed by atoms with Gasteiger partial charge in [-0.05, 0) is 43.2 Å². The minimum atomic E-state index is -3.83. The Morgan fingerprint density at radius 3 is 2.56 bits per heavy atom. The molecule has 0 aliphatic rings. The van der Waals surface area contributed by atoms with Gasteiger partial charge in [-0.1, -0.05) is 25.1 Å². The summed E-state index contributed by atoms with van der Waals surface area (Å²) in [6.45, 7) is 3.61. The number of benzene rings is 2. The minimum Gasteiger partial charge on any atom is -0.495 e. The fraction of sp³-hybridized carbons (Fsp3) is 0.278. The summed E-state index contributed by atoms with van der Waals surface area (Å²) >= 11 is 0. The van der Waals surface area contributed by atoms with Gasteiger partial charge in [-0.2, -0.15) is 0 Å². The van der Waals surface area contributed by atoms with Crippen molar-refractivity contribution in [2.45, 2.75) is 31.6 Å². The van der Waals surface area contributed by atoms with Crippen molar-refractivity contribution in [1.82, 2.24) is 0 Å². The zero-order valence-corrected chi connectivity index (χ0v) is 15.3. The summed E-state index contributed by atoms with van der Waals surface area (Å²) in [5.41, 5.74) is 1.38. The van der Waals surface area contributed by atoms with E-state index in [1.54, 1.807) is 43.3 Å². The van der Waals surface area contributed by atoms with Gasteiger partial charge in [0.05, 0.1) is 17.7 Å². The standard InChI is InChI=1S/C18H22N2O4S/c1-4-7-18(21)19-14-11-10-13(2)17(12-14)25(22,23)20-15-8-5-6-9-16(15)24-3/h5-6,8-12,20H,4,7H2,1-3H3,(H,19,21). The quantitative estimate of drug-likeness (QED) is 0.789. The van der Waals surface area contributed by atoms with Gasteiger partial charge in [-0.15, -0.1) is 0 Å². The predicted octanol–water partition coefficient (Wildman–Crippen LogP) is 3.54. The molecule has 0 aliphatic carbocycles. The summed E-state index contributed by atoms with van der Waals surface area (Å²) in [5, 5.41) is 2.71. The topological polar surface area (TPSA) is 84.5 Å². The van der Waals surface area contributed by atoms with Crippen LogP contribution in [0.1, 0.15) is 25.3 Å². The lowest BCUT2D eigenvalue weighted by Gasteiger charge is -2.14. The smallest absolute Gasteiger partial charge is 0.262 e. The van der Waals surface area contributed by atoms with Crippen molar-refractivity contribution >= 4 is 27.3 Å². The highest BCUT2D eigenvalue weighted by Gasteiger charge is 2.19. The zero-order valence-electron chi connectivity index (χ0n) is 14.5. The molecule has 0 spiro atoms. The van der Waals surface area contributed by atoms with Crippen LogP contribution in [0.4, 0.5) is 11.4 Å². The lowest BCUT2D eigenvalue weighted by molar-refractivity contribution is -0.116. The Balaban J connectivity index is 2.33. The van der Waals surface area contributed by atoms with Gasteiger partial charge in [0.2, 0.25) is 5.91 Å². The summed E-state index contributed by atoms with van der Waals surface area (Å²) in [6, 6.07) is 11.6. The van der Waals surface area contributed by atoms with E-state index in [2.05, 4.69) is 10.0 Å². The molecular formula is C18H22N2O4S. The van der Waals surface area contributed by atoms with Crippen molar-refractivity contribution in [2.75, 3.05) is 17.1 Å². The number of para-hydroxylation sites is 2. The average molecular weight is 362 g/mol. The minimum absolute atomic E-state index is 0.104. The molecule has 2 N–H and O–H groups in total. The first kappa shape index (κ1) is 18.8. The second-order valence-electron chi connectivity index (χ2n) is 5.58. The first-order chi connectivity index (χ1) is 11.9. The Labute approximate surface area is 148 Å². The molecule has 0 unspecified atom stereocenters. The van der Waals surface area contributed by atoms with E-state index in [9.17, 15) is 13.2 Å². The van der Waals surface area contributed by atoms with Gasteiger partial charge in [-0.3, -0.25) is 9.52 Å². The highest BCUT2D eigenvalue weighted by molar-refractivity contribution is 7.92. The van der Waals surface area contributed by atoms with Crippen molar-refractivity contribution in [2.24, 2.45) is 0 Å². The first-order valence-electron chi connectivity index (χ1n) is 7.93. The number of hydrogen-bond acceptors (Lipinski definition) is 4. The fourth-order valence-electron chi connectivity index (χ4n) is 2.35. The van der Waals surface area contributed by atoms with Crippen molar-refractivity contribution in [1.29, 1.82) is 0 Å². The molecule has 0 saturated heterocycles. The maximum absolute atomic E-state index is 12.8. The Morgan fingerprint density at radius 2 is 1.88 bits per heavy atom. The van der Waals surface area contributed by atoms with Crippen molar-refractivity contribution in [3.63, 3.8) is 0 Å². The van der Waals surface area contributed by atoms with E-state index in [1.165, 1.54) is 13.2 Å². The molecule has 2 aromatic carbocycles. The third-order valence-electron chi connectivity index (χ3n) is 3.59. The molecule has 2 rings (SSSR count). The van der Waals surface area contributed by atoms with Gasteiger partial charge in [0.1, 0.15) is 5.75 Å². The van der Waals surface area contributed by atoms with E-state index in [-0.39, 0.29) is 10.8 Å². The predicted molar refractivity (Wildman–Crippen MR) is 98.5 cm³/mol. The Bertz CT molecular complexity index is 863. The molecule has 0 aromatic heterocycles. The second-order valence-corrected chi connectivity index (χ2v) is 7.24. The first-order valence-corrected chi connectivity index (χ1v) is 9.42. The molecule has 0 fully saturated rings. The van der Waals surface area contributed by atoms with Gasteiger partial charge in [-0.25, -0.2) is 8.42 Å². The molecule has 0 bridgehead atoms. The van der Waals surface area contributed by atoms with Gasteiger partial charge >= 0.3 is 0 Å². The molecule has 25 heavy (non-hydrogen) atoms. The number of carbonyl (C=O) groups is 1. The van der Waals surface area contributed by atoms with E-state index in [0.717, 1.165) is 6.42 Å². The highest BCUT2D eigenvalue weighted by atomic mass is 32.2. The molecule has 7 heteroatoms. The van der Waals surface area contributed by atoms with Gasteiger partial charge in [0.15, 0.2) is 0 Å². The van der Waals surface area contributed by atoms with Gasteiger partial charge in [0.25, 0.3) is 10.0 Å². The van der Waals surface area contributed by atoms with Crippen LogP contribution in [0.2, 0.25) is 0 Å². The van der Waals surface area contributed by atoms with Crippen molar-refractivity contribution < 1.29 is 17.9 Å². The summed E-state index contributed by atoms with van der Waals surface area (Å²) in [6.07, 6.45) is 1.10. The molecule has 134 valence electrons. The number of rotatable bonds is 7. The largest absolute Gasteiger partial charge is 0.495 e. The molecule has 0 heterocycles. The summed E-state index contributed by atoms with van der Waals surface area (Å²) < 4.78 is 33.3. The number of ether oxygens (including phenoxy) is 1. The average Bonchev–Trinajstić information content (AvgIpc) is 2.57. The maximum Gasteiger partial charge on any atom is 0.262 e. The van der Waals surface area contributed by atoms with E-state index in [0.29, 0.717) is 29.1 Å².